The number of amides is 1. The van der Waals surface area contributed by atoms with Crippen LogP contribution in [-0.4, -0.2) is 100 Å². The number of aryl methyl sites for hydroxylation is 1. The number of carbonyl (C=O) groups is 2. The van der Waals surface area contributed by atoms with Crippen LogP contribution in [0.15, 0.2) is 91.1 Å². The Hall–Kier alpha value is -3.55. The van der Waals surface area contributed by atoms with Crippen molar-refractivity contribution in [1.29, 1.82) is 0 Å². The SMILES string of the molecule is CC(=O)N[C@H]1[C@H]([C@H](O)[C@H](O)CNS(=O)(=O)Cc2ccccc2)O[C@@](OCCCn2cc(-c3ccc(-c4ccccc4)cc3)nn2)(C(=O)[O-])C[C@@H]1O.[Na+]. The van der Waals surface area contributed by atoms with Crippen LogP contribution < -0.4 is 44.7 Å². The zero-order valence-electron chi connectivity index (χ0n) is 28.7. The second-order valence-corrected chi connectivity index (χ2v) is 14.1. The number of nitrogens with one attached hydrogen (secondary N) is 2. The van der Waals surface area contributed by atoms with E-state index in [0.717, 1.165) is 23.6 Å². The average molecular weight is 746 g/mol. The fourth-order valence-electron chi connectivity index (χ4n) is 5.81. The van der Waals surface area contributed by atoms with Crippen LogP contribution in [0.1, 0.15) is 25.3 Å². The second kappa shape index (κ2) is 18.5. The van der Waals surface area contributed by atoms with Gasteiger partial charge in [0.15, 0.2) is 0 Å². The van der Waals surface area contributed by atoms with Crippen molar-refractivity contribution >= 4 is 21.9 Å². The average Bonchev–Trinajstić information content (AvgIpc) is 3.59. The summed E-state index contributed by atoms with van der Waals surface area (Å²) >= 11 is 0. The first-order valence-corrected chi connectivity index (χ1v) is 17.9. The summed E-state index contributed by atoms with van der Waals surface area (Å²) in [4.78, 5) is 24.4. The van der Waals surface area contributed by atoms with Gasteiger partial charge in [-0.25, -0.2) is 13.1 Å². The molecule has 0 spiro atoms. The number of aliphatic hydroxyl groups excluding tert-OH is 3. The van der Waals surface area contributed by atoms with Gasteiger partial charge in [0.25, 0.3) is 0 Å². The summed E-state index contributed by atoms with van der Waals surface area (Å²) in [5.74, 6) is -5.48. The Balaban J connectivity index is 0.00000605. The van der Waals surface area contributed by atoms with E-state index >= 15 is 0 Å². The third-order valence-corrected chi connectivity index (χ3v) is 9.71. The first-order valence-electron chi connectivity index (χ1n) is 16.3. The smallest absolute Gasteiger partial charge is 0.544 e. The van der Waals surface area contributed by atoms with Crippen molar-refractivity contribution in [3.05, 3.63) is 96.7 Å². The molecule has 6 atom stereocenters. The van der Waals surface area contributed by atoms with E-state index in [9.17, 15) is 38.4 Å². The van der Waals surface area contributed by atoms with Crippen molar-refractivity contribution in [3.63, 3.8) is 0 Å². The molecule has 5 N–H and O–H groups in total. The Morgan fingerprint density at radius 1 is 1.02 bits per heavy atom. The maximum absolute atomic E-state index is 12.6. The molecule has 1 fully saturated rings. The molecule has 1 aliphatic rings. The summed E-state index contributed by atoms with van der Waals surface area (Å²) in [5, 5.41) is 56.0. The summed E-state index contributed by atoms with van der Waals surface area (Å²) in [6, 6.07) is 24.6. The molecule has 1 aromatic heterocycles. The topological polar surface area (TPSA) is 225 Å². The molecule has 0 radical (unpaired) electrons. The third-order valence-electron chi connectivity index (χ3n) is 8.39. The van der Waals surface area contributed by atoms with E-state index in [2.05, 4.69) is 20.4 Å². The summed E-state index contributed by atoms with van der Waals surface area (Å²) < 4.78 is 40.3. The van der Waals surface area contributed by atoms with Gasteiger partial charge in [0.1, 0.15) is 23.9 Å². The molecule has 2 heterocycles. The number of rotatable bonds is 16. The first-order chi connectivity index (χ1) is 24.4. The quantitative estimate of drug-likeness (QED) is 0.0571. The minimum absolute atomic E-state index is 0. The number of benzene rings is 3. The number of aliphatic hydroxyl groups is 3. The predicted octanol–water partition coefficient (Wildman–Crippen LogP) is -3.04. The molecule has 0 unspecified atom stereocenters. The monoisotopic (exact) mass is 745 g/mol. The fourth-order valence-corrected chi connectivity index (χ4v) is 6.96. The molecule has 4 aromatic rings. The predicted molar refractivity (Wildman–Crippen MR) is 181 cm³/mol. The van der Waals surface area contributed by atoms with Gasteiger partial charge in [-0.2, -0.15) is 0 Å². The molecule has 0 saturated carbocycles. The van der Waals surface area contributed by atoms with Crippen LogP contribution in [0.3, 0.4) is 0 Å². The number of aromatic nitrogens is 3. The Morgan fingerprint density at radius 2 is 1.63 bits per heavy atom. The van der Waals surface area contributed by atoms with Gasteiger partial charge >= 0.3 is 29.6 Å². The van der Waals surface area contributed by atoms with E-state index in [4.69, 9.17) is 9.47 Å². The standard InChI is InChI=1S/C35H41N5O10S.Na/c1-23(41)37-31-29(42)19-35(34(45)46,50-33(31)32(44)30(43)20-36-51(47,48)22-24-9-4-2-5-10-24)49-18-8-17-40-21-28(38-39-40)27-15-13-26(14-16-27)25-11-6-3-7-12-25;/h2-7,9-16,21,29-33,36,42-44H,8,17-20,22H2,1H3,(H,37,41)(H,45,46);/q;+1/p-1/t29-,30+,31+,32+,33+,35+;/m0./s1. The fraction of sp³-hybridized carbons (Fsp3) is 0.371. The van der Waals surface area contributed by atoms with E-state index in [1.54, 1.807) is 41.2 Å². The minimum Gasteiger partial charge on any atom is -0.544 e. The zero-order valence-corrected chi connectivity index (χ0v) is 31.6. The van der Waals surface area contributed by atoms with Crippen LogP contribution in [0.4, 0.5) is 0 Å². The molecule has 52 heavy (non-hydrogen) atoms. The van der Waals surface area contributed by atoms with Crippen molar-refractivity contribution < 1.29 is 77.5 Å². The largest absolute Gasteiger partial charge is 1.00 e. The van der Waals surface area contributed by atoms with Crippen molar-refractivity contribution in [2.24, 2.45) is 0 Å². The van der Waals surface area contributed by atoms with Gasteiger partial charge < -0.3 is 40.0 Å². The Bertz CT molecular complexity index is 1870. The first kappa shape index (κ1) is 41.2. The number of hydrogen-bond acceptors (Lipinski definition) is 12. The molecule has 0 bridgehead atoms. The van der Waals surface area contributed by atoms with Gasteiger partial charge in [0.05, 0.1) is 36.8 Å². The van der Waals surface area contributed by atoms with E-state index < -0.39 is 76.9 Å². The third kappa shape index (κ3) is 10.8. The molecule has 272 valence electrons. The number of hydrogen-bond donors (Lipinski definition) is 5. The molecule has 0 aliphatic carbocycles. The molecule has 15 nitrogen and oxygen atoms in total. The van der Waals surface area contributed by atoms with Crippen molar-refractivity contribution in [2.75, 3.05) is 13.2 Å². The van der Waals surface area contributed by atoms with Crippen LogP contribution in [0.2, 0.25) is 0 Å². The molecular formula is C35H40N5NaO10S. The number of sulfonamides is 1. The Labute approximate surface area is 323 Å². The minimum atomic E-state index is -3.96. The van der Waals surface area contributed by atoms with Crippen LogP contribution in [0.5, 0.6) is 0 Å². The normalized spacial score (nSPS) is 21.4. The Morgan fingerprint density at radius 3 is 2.27 bits per heavy atom. The van der Waals surface area contributed by atoms with Crippen molar-refractivity contribution in [1.82, 2.24) is 25.0 Å². The molecule has 1 aliphatic heterocycles. The van der Waals surface area contributed by atoms with E-state index in [0.29, 0.717) is 11.3 Å². The van der Waals surface area contributed by atoms with Gasteiger partial charge in [0.2, 0.25) is 21.7 Å². The molecular weight excluding hydrogens is 705 g/mol. The van der Waals surface area contributed by atoms with Crippen LogP contribution >= 0.6 is 0 Å². The number of carboxylic acid groups (broad SMARTS) is 1. The van der Waals surface area contributed by atoms with Gasteiger partial charge in [-0.15, -0.1) is 5.10 Å². The molecule has 3 aromatic carbocycles. The summed E-state index contributed by atoms with van der Waals surface area (Å²) in [6.45, 7) is 0.492. The second-order valence-electron chi connectivity index (χ2n) is 12.3. The Kier molecular flexibility index (Phi) is 14.6. The summed E-state index contributed by atoms with van der Waals surface area (Å²) in [7, 11) is -3.96. The molecule has 1 saturated heterocycles. The van der Waals surface area contributed by atoms with Crippen molar-refractivity contribution in [3.8, 4) is 22.4 Å². The van der Waals surface area contributed by atoms with Gasteiger partial charge in [-0.05, 0) is 23.1 Å². The molecule has 5 rings (SSSR count). The maximum Gasteiger partial charge on any atom is 1.00 e. The van der Waals surface area contributed by atoms with Crippen molar-refractivity contribution in [2.45, 2.75) is 68.3 Å². The number of carboxylic acids is 1. The zero-order chi connectivity index (χ0) is 36.6. The number of carbonyl (C=O) groups excluding carboxylic acids is 2. The number of ether oxygens (including phenoxy) is 2. The van der Waals surface area contributed by atoms with Gasteiger partial charge in [-0.1, -0.05) is 90.1 Å². The van der Waals surface area contributed by atoms with Gasteiger partial charge in [0, 0.05) is 32.0 Å². The van der Waals surface area contributed by atoms with E-state index in [-0.39, 0.29) is 49.1 Å². The van der Waals surface area contributed by atoms with Crippen LogP contribution in [-0.2, 0) is 41.4 Å². The number of aliphatic carboxylic acids is 1. The van der Waals surface area contributed by atoms with E-state index in [1.165, 1.54) is 0 Å². The van der Waals surface area contributed by atoms with Gasteiger partial charge in [-0.3, -0.25) is 9.48 Å². The summed E-state index contributed by atoms with van der Waals surface area (Å²) in [6.07, 6.45) is -5.96. The van der Waals surface area contributed by atoms with Crippen LogP contribution in [0.25, 0.3) is 22.4 Å². The molecule has 1 amide bonds. The number of nitrogens with zero attached hydrogens (tertiary/aromatic N) is 3. The summed E-state index contributed by atoms with van der Waals surface area (Å²) in [5.41, 5.74) is 4.10. The maximum atomic E-state index is 12.6. The van der Waals surface area contributed by atoms with E-state index in [1.807, 2.05) is 54.6 Å². The molecule has 17 heteroatoms. The van der Waals surface area contributed by atoms with Crippen LogP contribution in [0, 0.1) is 0 Å².